The molecule has 0 atom stereocenters. The van der Waals surface area contributed by atoms with Gasteiger partial charge < -0.3 is 8.98 Å². The Morgan fingerprint density at radius 3 is 2.76 bits per heavy atom. The normalized spacial score (nSPS) is 15.7. The molecule has 174 valence electrons. The zero-order valence-electron chi connectivity index (χ0n) is 18.8. The number of H-pyrrole nitrogens is 1. The van der Waals surface area contributed by atoms with Crippen molar-refractivity contribution >= 4 is 33.9 Å². The number of benzene rings is 1. The van der Waals surface area contributed by atoms with E-state index < -0.39 is 11.2 Å². The summed E-state index contributed by atoms with van der Waals surface area (Å²) in [6.07, 6.45) is 3.65. The Kier molecular flexibility index (Phi) is 5.84. The van der Waals surface area contributed by atoms with E-state index in [1.165, 1.54) is 0 Å². The standard InChI is InChI=1S/C23H27ClN6O3/c1-3-4-9-30-20-19(21(31)27-23(30)32)28(2)18(26-20)13-29-10-7-14(8-11-29)22-25-16-12-15(24)5-6-17(16)33-22/h5-6,12,14H,3-4,7-11,13H2,1-2H3,(H,27,31,32). The monoisotopic (exact) mass is 470 g/mol. The first-order valence-electron chi connectivity index (χ1n) is 11.4. The van der Waals surface area contributed by atoms with Crippen molar-refractivity contribution in [3.8, 4) is 0 Å². The number of likely N-dealkylation sites (tertiary alicyclic amines) is 1. The van der Waals surface area contributed by atoms with Gasteiger partial charge in [-0.3, -0.25) is 19.2 Å². The average molecular weight is 471 g/mol. The highest BCUT2D eigenvalue weighted by Gasteiger charge is 2.26. The number of nitrogens with zero attached hydrogens (tertiary/aromatic N) is 5. The van der Waals surface area contributed by atoms with Crippen LogP contribution in [0.5, 0.6) is 0 Å². The quantitative estimate of drug-likeness (QED) is 0.463. The molecule has 9 nitrogen and oxygen atoms in total. The van der Waals surface area contributed by atoms with Crippen LogP contribution in [0.3, 0.4) is 0 Å². The van der Waals surface area contributed by atoms with E-state index in [9.17, 15) is 9.59 Å². The number of halogens is 1. The van der Waals surface area contributed by atoms with Gasteiger partial charge in [-0.05, 0) is 50.6 Å². The van der Waals surface area contributed by atoms with Gasteiger partial charge in [0.2, 0.25) is 0 Å². The summed E-state index contributed by atoms with van der Waals surface area (Å²) in [5.74, 6) is 1.80. The zero-order chi connectivity index (χ0) is 23.1. The predicted octanol–water partition coefficient (Wildman–Crippen LogP) is 3.40. The van der Waals surface area contributed by atoms with Crippen molar-refractivity contribution in [3.05, 3.63) is 55.8 Å². The number of hydrogen-bond donors (Lipinski definition) is 1. The van der Waals surface area contributed by atoms with Gasteiger partial charge >= 0.3 is 5.69 Å². The summed E-state index contributed by atoms with van der Waals surface area (Å²) in [5.41, 5.74) is 1.68. The maximum Gasteiger partial charge on any atom is 0.330 e. The SMILES string of the molecule is CCCCn1c(=O)[nH]c(=O)c2c1nc(CN1CCC(c3nc4cc(Cl)ccc4o3)CC1)n2C. The fraction of sp³-hybridized carbons (Fsp3) is 0.478. The molecule has 1 fully saturated rings. The van der Waals surface area contributed by atoms with E-state index in [0.717, 1.165) is 61.6 Å². The number of aromatic nitrogens is 5. The van der Waals surface area contributed by atoms with E-state index >= 15 is 0 Å². The summed E-state index contributed by atoms with van der Waals surface area (Å²) in [6.45, 7) is 4.96. The van der Waals surface area contributed by atoms with Crippen LogP contribution >= 0.6 is 11.6 Å². The van der Waals surface area contributed by atoms with Crippen molar-refractivity contribution < 1.29 is 4.42 Å². The van der Waals surface area contributed by atoms with Gasteiger partial charge in [-0.2, -0.15) is 0 Å². The summed E-state index contributed by atoms with van der Waals surface area (Å²) in [4.78, 5) is 38.9. The summed E-state index contributed by atoms with van der Waals surface area (Å²) in [7, 11) is 1.84. The molecular formula is C23H27ClN6O3. The van der Waals surface area contributed by atoms with Crippen LogP contribution in [0, 0.1) is 0 Å². The number of hydrogen-bond acceptors (Lipinski definition) is 6. The molecule has 1 aliphatic rings. The lowest BCUT2D eigenvalue weighted by molar-refractivity contribution is 0.189. The number of aromatic amines is 1. The van der Waals surface area contributed by atoms with Gasteiger partial charge in [-0.25, -0.2) is 14.8 Å². The molecule has 0 amide bonds. The third-order valence-electron chi connectivity index (χ3n) is 6.51. The summed E-state index contributed by atoms with van der Waals surface area (Å²) >= 11 is 6.07. The Balaban J connectivity index is 1.33. The van der Waals surface area contributed by atoms with Gasteiger partial charge in [0.1, 0.15) is 11.3 Å². The van der Waals surface area contributed by atoms with Gasteiger partial charge in [0.05, 0.1) is 6.54 Å². The lowest BCUT2D eigenvalue weighted by Gasteiger charge is -2.30. The zero-order valence-corrected chi connectivity index (χ0v) is 19.6. The first-order valence-corrected chi connectivity index (χ1v) is 11.8. The summed E-state index contributed by atoms with van der Waals surface area (Å²) in [5, 5.41) is 0.651. The third-order valence-corrected chi connectivity index (χ3v) is 6.74. The first-order chi connectivity index (χ1) is 15.9. The number of fused-ring (bicyclic) bond motifs is 2. The molecule has 0 saturated carbocycles. The van der Waals surface area contributed by atoms with Gasteiger partial charge in [0.15, 0.2) is 22.6 Å². The molecule has 1 saturated heterocycles. The van der Waals surface area contributed by atoms with Crippen molar-refractivity contribution in [1.82, 2.24) is 29.0 Å². The van der Waals surface area contributed by atoms with Crippen LogP contribution in [0.2, 0.25) is 5.02 Å². The Morgan fingerprint density at radius 1 is 1.21 bits per heavy atom. The second kappa shape index (κ2) is 8.79. The highest BCUT2D eigenvalue weighted by atomic mass is 35.5. The molecule has 0 aliphatic carbocycles. The van der Waals surface area contributed by atoms with Crippen LogP contribution in [0.25, 0.3) is 22.3 Å². The molecule has 3 aromatic heterocycles. The molecule has 0 radical (unpaired) electrons. The molecule has 0 unspecified atom stereocenters. The van der Waals surface area contributed by atoms with E-state index in [0.29, 0.717) is 29.3 Å². The predicted molar refractivity (Wildman–Crippen MR) is 127 cm³/mol. The molecule has 0 bridgehead atoms. The van der Waals surface area contributed by atoms with E-state index in [-0.39, 0.29) is 5.92 Å². The highest BCUT2D eigenvalue weighted by Crippen LogP contribution is 2.31. The molecule has 5 rings (SSSR count). The number of imidazole rings is 1. The first kappa shape index (κ1) is 21.9. The van der Waals surface area contributed by atoms with Crippen molar-refractivity contribution in [2.45, 2.75) is 51.6 Å². The third kappa shape index (κ3) is 4.11. The molecule has 4 aromatic rings. The topological polar surface area (TPSA) is 102 Å². The smallest absolute Gasteiger partial charge is 0.330 e. The van der Waals surface area contributed by atoms with Crippen molar-refractivity contribution in [2.75, 3.05) is 13.1 Å². The van der Waals surface area contributed by atoms with Crippen LogP contribution in [0.15, 0.2) is 32.2 Å². The molecular weight excluding hydrogens is 444 g/mol. The van der Waals surface area contributed by atoms with Gasteiger partial charge in [0, 0.05) is 24.5 Å². The number of nitrogens with one attached hydrogen (secondary N) is 1. The van der Waals surface area contributed by atoms with E-state index in [1.807, 2.05) is 29.8 Å². The Hall–Kier alpha value is -2.91. The fourth-order valence-electron chi connectivity index (χ4n) is 4.59. The fourth-order valence-corrected chi connectivity index (χ4v) is 4.75. The number of oxazole rings is 1. The van der Waals surface area contributed by atoms with Crippen LogP contribution < -0.4 is 11.2 Å². The maximum absolute atomic E-state index is 12.5. The minimum atomic E-state index is -0.397. The lowest BCUT2D eigenvalue weighted by Crippen LogP contribution is -2.33. The van der Waals surface area contributed by atoms with Crippen LogP contribution in [-0.4, -0.2) is 42.1 Å². The molecule has 10 heteroatoms. The lowest BCUT2D eigenvalue weighted by atomic mass is 9.97. The Bertz CT molecular complexity index is 1420. The Morgan fingerprint density at radius 2 is 2.00 bits per heavy atom. The van der Waals surface area contributed by atoms with Crippen LogP contribution in [0.4, 0.5) is 0 Å². The van der Waals surface area contributed by atoms with Crippen LogP contribution in [0.1, 0.15) is 50.2 Å². The van der Waals surface area contributed by atoms with Crippen molar-refractivity contribution in [2.24, 2.45) is 7.05 Å². The maximum atomic E-state index is 12.5. The van der Waals surface area contributed by atoms with Gasteiger partial charge in [-0.15, -0.1) is 0 Å². The number of piperidine rings is 1. The van der Waals surface area contributed by atoms with Crippen LogP contribution in [-0.2, 0) is 20.1 Å². The van der Waals surface area contributed by atoms with E-state index in [1.54, 1.807) is 4.57 Å². The highest BCUT2D eigenvalue weighted by molar-refractivity contribution is 6.31. The number of aryl methyl sites for hydroxylation is 2. The molecule has 4 heterocycles. The molecule has 1 N–H and O–H groups in total. The second-order valence-corrected chi connectivity index (χ2v) is 9.17. The molecule has 1 aliphatic heterocycles. The summed E-state index contributed by atoms with van der Waals surface area (Å²) < 4.78 is 9.36. The molecule has 0 spiro atoms. The Labute approximate surface area is 195 Å². The average Bonchev–Trinajstić information content (AvgIpc) is 3.35. The minimum Gasteiger partial charge on any atom is -0.440 e. The van der Waals surface area contributed by atoms with E-state index in [2.05, 4.69) is 21.8 Å². The van der Waals surface area contributed by atoms with E-state index in [4.69, 9.17) is 21.0 Å². The number of unbranched alkanes of at least 4 members (excludes halogenated alkanes) is 1. The molecule has 1 aromatic carbocycles. The number of rotatable bonds is 6. The molecule has 33 heavy (non-hydrogen) atoms. The van der Waals surface area contributed by atoms with Gasteiger partial charge in [-0.1, -0.05) is 24.9 Å². The second-order valence-electron chi connectivity index (χ2n) is 8.74. The van der Waals surface area contributed by atoms with Crippen molar-refractivity contribution in [3.63, 3.8) is 0 Å². The van der Waals surface area contributed by atoms with Gasteiger partial charge in [0.25, 0.3) is 5.56 Å². The summed E-state index contributed by atoms with van der Waals surface area (Å²) in [6, 6.07) is 5.49. The van der Waals surface area contributed by atoms with Crippen molar-refractivity contribution in [1.29, 1.82) is 0 Å². The largest absolute Gasteiger partial charge is 0.440 e. The minimum absolute atomic E-state index is 0.259.